The smallest absolute Gasteiger partial charge is 0.0216 e. The summed E-state index contributed by atoms with van der Waals surface area (Å²) in [4.78, 5) is 0. The minimum atomic E-state index is -0.0463. The van der Waals surface area contributed by atoms with Crippen molar-refractivity contribution in [2.75, 3.05) is 12.3 Å². The Kier molecular flexibility index (Phi) is 0.575. The normalized spacial score (nSPS) is 26.0. The zero-order valence-electron chi connectivity index (χ0n) is 2.32. The molecule has 0 spiro atoms. The Morgan fingerprint density at radius 1 is 1.50 bits per heavy atom. The van der Waals surface area contributed by atoms with Gasteiger partial charge in [-0.15, -0.1) is 11.8 Å². The average molecular weight is 92.1 g/mol. The van der Waals surface area contributed by atoms with Gasteiger partial charge < -0.3 is 0 Å². The highest BCUT2D eigenvalue weighted by atomic mass is 32.4. The third-order valence-electron chi connectivity index (χ3n) is 0.454. The van der Waals surface area contributed by atoms with Gasteiger partial charge in [-0.2, -0.15) is 0 Å². The first-order valence-corrected chi connectivity index (χ1v) is 4.46. The molecule has 0 nitrogen and oxygen atoms in total. The molecule has 0 saturated carbocycles. The van der Waals surface area contributed by atoms with Crippen LogP contribution in [0, 0.1) is 0 Å². The predicted molar refractivity (Wildman–Crippen MR) is 25.4 cm³/mol. The third kappa shape index (κ3) is 0.542. The van der Waals surface area contributed by atoms with Crippen molar-refractivity contribution in [2.24, 2.45) is 0 Å². The van der Waals surface area contributed by atoms with E-state index in [4.69, 9.17) is 11.8 Å². The summed E-state index contributed by atoms with van der Waals surface area (Å²) < 4.78 is 0. The summed E-state index contributed by atoms with van der Waals surface area (Å²) >= 11 is 4.83. The van der Waals surface area contributed by atoms with E-state index < -0.39 is 0 Å². The van der Waals surface area contributed by atoms with Gasteiger partial charge in [-0.3, -0.25) is 0 Å². The lowest BCUT2D eigenvalue weighted by Crippen LogP contribution is -1.20. The zero-order chi connectivity index (χ0) is 2.99. The van der Waals surface area contributed by atoms with Gasteiger partial charge in [0.2, 0.25) is 0 Å². The van der Waals surface area contributed by atoms with Crippen molar-refractivity contribution in [3.05, 3.63) is 0 Å². The number of hydrogen-bond acceptors (Lipinski definition) is 1. The molecule has 0 aromatic carbocycles. The number of hydrogen-bond donors (Lipinski definition) is 0. The van der Waals surface area contributed by atoms with Crippen LogP contribution in [-0.4, -0.2) is 12.3 Å². The topological polar surface area (TPSA) is 0 Å². The summed E-state index contributed by atoms with van der Waals surface area (Å²) in [6.45, 7) is -0.0463. The quantitative estimate of drug-likeness (QED) is 0.396. The lowest BCUT2D eigenvalue weighted by atomic mass is 11.0. The van der Waals surface area contributed by atoms with E-state index in [1.807, 2.05) is 0 Å². The Labute approximate surface area is 31.6 Å². The second-order valence-electron chi connectivity index (χ2n) is 1.04. The molecule has 1 saturated heterocycles. The van der Waals surface area contributed by atoms with Crippen molar-refractivity contribution >= 4 is 18.5 Å². The molecule has 24 valence electrons. The predicted octanol–water partition coefficient (Wildman–Crippen LogP) is 0.676. The zero-order valence-corrected chi connectivity index (χ0v) is 4.14. The lowest BCUT2D eigenvalue weighted by Gasteiger charge is -1.33. The van der Waals surface area contributed by atoms with Crippen LogP contribution in [0.25, 0.3) is 0 Å². The van der Waals surface area contributed by atoms with E-state index in [0.717, 1.165) is 0 Å². The van der Waals surface area contributed by atoms with Crippen LogP contribution in [0.3, 0.4) is 0 Å². The Balaban J connectivity index is 2.60. The standard InChI is InChI=1S/C2H5PS/c4-3-1-2-3/h3H,1-2H2. The molecule has 2 heteroatoms. The van der Waals surface area contributed by atoms with E-state index in [9.17, 15) is 0 Å². The van der Waals surface area contributed by atoms with Crippen LogP contribution < -0.4 is 0 Å². The molecule has 1 heterocycles. The van der Waals surface area contributed by atoms with Gasteiger partial charge in [-0.25, -0.2) is 0 Å². The molecule has 0 aromatic heterocycles. The van der Waals surface area contributed by atoms with Crippen LogP contribution in [0.1, 0.15) is 0 Å². The Bertz CT molecular complexity index is 44.0. The van der Waals surface area contributed by atoms with E-state index in [-0.39, 0.29) is 6.70 Å². The van der Waals surface area contributed by atoms with Crippen LogP contribution in [0.15, 0.2) is 0 Å². The van der Waals surface area contributed by atoms with Gasteiger partial charge in [-0.1, -0.05) is 6.70 Å². The lowest BCUT2D eigenvalue weighted by molar-refractivity contribution is 1.75. The monoisotopic (exact) mass is 92.0 g/mol. The van der Waals surface area contributed by atoms with Gasteiger partial charge in [0.25, 0.3) is 0 Å². The molecule has 1 rings (SSSR count). The summed E-state index contributed by atoms with van der Waals surface area (Å²) in [7, 11) is 0. The molecule has 0 radical (unpaired) electrons. The molecular weight excluding hydrogens is 87.1 g/mol. The maximum atomic E-state index is 4.83. The van der Waals surface area contributed by atoms with Crippen molar-refractivity contribution in [3.63, 3.8) is 0 Å². The minimum Gasteiger partial charge on any atom is -0.101 e. The molecule has 1 aliphatic rings. The fourth-order valence-corrected chi connectivity index (χ4v) is 1.38. The summed E-state index contributed by atoms with van der Waals surface area (Å²) in [5.41, 5.74) is 0. The average Bonchev–Trinajstić information content (AvgIpc) is 1.75. The van der Waals surface area contributed by atoms with Crippen molar-refractivity contribution in [1.82, 2.24) is 0 Å². The molecule has 0 bridgehead atoms. The Morgan fingerprint density at radius 3 is 1.75 bits per heavy atom. The second-order valence-corrected chi connectivity index (χ2v) is 4.85. The highest BCUT2D eigenvalue weighted by Gasteiger charge is 2.05. The van der Waals surface area contributed by atoms with E-state index in [1.165, 1.54) is 12.3 Å². The number of rotatable bonds is 0. The fraction of sp³-hybridized carbons (Fsp3) is 1.00. The molecule has 0 unspecified atom stereocenters. The van der Waals surface area contributed by atoms with Crippen molar-refractivity contribution in [1.29, 1.82) is 0 Å². The van der Waals surface area contributed by atoms with Crippen LogP contribution >= 0.6 is 6.70 Å². The van der Waals surface area contributed by atoms with E-state index in [1.54, 1.807) is 0 Å². The van der Waals surface area contributed by atoms with Crippen LogP contribution in [0.5, 0.6) is 0 Å². The third-order valence-corrected chi connectivity index (χ3v) is 2.59. The van der Waals surface area contributed by atoms with Gasteiger partial charge in [0.15, 0.2) is 0 Å². The first kappa shape index (κ1) is 2.87. The molecule has 0 aliphatic carbocycles. The highest BCUT2D eigenvalue weighted by molar-refractivity contribution is 8.08. The molecule has 0 N–H and O–H groups in total. The van der Waals surface area contributed by atoms with E-state index >= 15 is 0 Å². The van der Waals surface area contributed by atoms with Gasteiger partial charge >= 0.3 is 0 Å². The Hall–Kier alpha value is 0.650. The van der Waals surface area contributed by atoms with E-state index in [2.05, 4.69) is 0 Å². The largest absolute Gasteiger partial charge is 0.101 e. The van der Waals surface area contributed by atoms with Crippen molar-refractivity contribution in [2.45, 2.75) is 0 Å². The van der Waals surface area contributed by atoms with Crippen LogP contribution in [-0.2, 0) is 11.8 Å². The maximum absolute atomic E-state index is 4.83. The first-order chi connectivity index (χ1) is 1.89. The SMILES string of the molecule is S=[PH]1CC1. The molecule has 4 heavy (non-hydrogen) atoms. The molecule has 0 amide bonds. The van der Waals surface area contributed by atoms with E-state index in [0.29, 0.717) is 0 Å². The highest BCUT2D eigenvalue weighted by Crippen LogP contribution is 2.36. The summed E-state index contributed by atoms with van der Waals surface area (Å²) in [6.07, 6.45) is 2.81. The summed E-state index contributed by atoms with van der Waals surface area (Å²) in [5, 5.41) is 0. The molecular formula is C2H5PS. The van der Waals surface area contributed by atoms with Gasteiger partial charge in [0.1, 0.15) is 0 Å². The fourth-order valence-electron chi connectivity index (χ4n) is 0.0510. The van der Waals surface area contributed by atoms with Crippen molar-refractivity contribution < 1.29 is 0 Å². The molecule has 0 aromatic rings. The van der Waals surface area contributed by atoms with Gasteiger partial charge in [-0.05, 0) is 12.3 Å². The summed E-state index contributed by atoms with van der Waals surface area (Å²) in [6, 6.07) is 0. The van der Waals surface area contributed by atoms with Crippen LogP contribution in [0.2, 0.25) is 0 Å². The molecule has 1 aliphatic heterocycles. The van der Waals surface area contributed by atoms with Crippen molar-refractivity contribution in [3.8, 4) is 0 Å². The van der Waals surface area contributed by atoms with Gasteiger partial charge in [0, 0.05) is 0 Å². The molecule has 0 atom stereocenters. The maximum Gasteiger partial charge on any atom is -0.0216 e. The Morgan fingerprint density at radius 2 is 1.75 bits per heavy atom. The summed E-state index contributed by atoms with van der Waals surface area (Å²) in [5.74, 6) is 0. The second kappa shape index (κ2) is 0.803. The van der Waals surface area contributed by atoms with Crippen LogP contribution in [0.4, 0.5) is 0 Å². The van der Waals surface area contributed by atoms with Gasteiger partial charge in [0.05, 0.1) is 0 Å². The molecule has 1 fully saturated rings. The first-order valence-electron chi connectivity index (χ1n) is 1.41. The minimum absolute atomic E-state index is 0.0463.